The molecule has 132 valence electrons. The first-order chi connectivity index (χ1) is 12.0. The molecule has 0 spiro atoms. The third-order valence-corrected chi connectivity index (χ3v) is 4.78. The van der Waals surface area contributed by atoms with E-state index in [0.29, 0.717) is 19.0 Å². The molecule has 0 aromatic heterocycles. The number of para-hydroxylation sites is 1. The largest absolute Gasteiger partial charge is 0.368 e. The number of piperazine rings is 1. The van der Waals surface area contributed by atoms with Gasteiger partial charge in [-0.1, -0.05) is 44.2 Å². The van der Waals surface area contributed by atoms with Crippen LogP contribution in [0.3, 0.4) is 0 Å². The molecule has 3 nitrogen and oxygen atoms in total. The molecule has 2 aromatic rings. The third-order valence-electron chi connectivity index (χ3n) is 4.78. The number of anilines is 1. The van der Waals surface area contributed by atoms with Gasteiger partial charge in [-0.3, -0.25) is 4.79 Å². The molecular formula is C21H25FN2O. The molecule has 25 heavy (non-hydrogen) atoms. The monoisotopic (exact) mass is 340 g/mol. The van der Waals surface area contributed by atoms with E-state index in [0.717, 1.165) is 18.7 Å². The van der Waals surface area contributed by atoms with Crippen LogP contribution in [0.1, 0.15) is 30.9 Å². The van der Waals surface area contributed by atoms with Crippen molar-refractivity contribution in [3.8, 4) is 0 Å². The van der Waals surface area contributed by atoms with Crippen LogP contribution in [0, 0.1) is 5.82 Å². The number of nitrogens with zero attached hydrogens (tertiary/aromatic N) is 2. The maximum Gasteiger partial charge on any atom is 0.227 e. The van der Waals surface area contributed by atoms with Gasteiger partial charge in [0, 0.05) is 31.9 Å². The van der Waals surface area contributed by atoms with Crippen molar-refractivity contribution in [2.75, 3.05) is 31.1 Å². The normalized spacial score (nSPS) is 14.9. The van der Waals surface area contributed by atoms with Crippen molar-refractivity contribution in [2.24, 2.45) is 0 Å². The number of carbonyl (C=O) groups is 1. The maximum atomic E-state index is 13.3. The highest BCUT2D eigenvalue weighted by molar-refractivity contribution is 5.79. The van der Waals surface area contributed by atoms with Crippen LogP contribution >= 0.6 is 0 Å². The second kappa shape index (κ2) is 7.68. The molecule has 0 atom stereocenters. The standard InChI is InChI=1S/C21H25FN2O/c1-16(2)19-8-3-4-9-20(19)23-10-12-24(13-11-23)21(25)15-17-6-5-7-18(22)14-17/h3-9,14,16H,10-13,15H2,1-2H3. The summed E-state index contributed by atoms with van der Waals surface area (Å²) < 4.78 is 13.3. The van der Waals surface area contributed by atoms with Crippen molar-refractivity contribution in [1.29, 1.82) is 0 Å². The summed E-state index contributed by atoms with van der Waals surface area (Å²) in [6.07, 6.45) is 0.264. The van der Waals surface area contributed by atoms with Crippen LogP contribution in [0.5, 0.6) is 0 Å². The lowest BCUT2D eigenvalue weighted by atomic mass is 10.00. The number of rotatable bonds is 4. The molecular weight excluding hydrogens is 315 g/mol. The first kappa shape index (κ1) is 17.5. The number of carbonyl (C=O) groups excluding carboxylic acids is 1. The summed E-state index contributed by atoms with van der Waals surface area (Å²) in [5.41, 5.74) is 3.36. The van der Waals surface area contributed by atoms with Crippen LogP contribution in [0.25, 0.3) is 0 Å². The Labute approximate surface area is 149 Å². The molecule has 1 fully saturated rings. The number of hydrogen-bond acceptors (Lipinski definition) is 2. The highest BCUT2D eigenvalue weighted by Crippen LogP contribution is 2.28. The lowest BCUT2D eigenvalue weighted by Gasteiger charge is -2.37. The van der Waals surface area contributed by atoms with Gasteiger partial charge in [0.1, 0.15) is 5.82 Å². The molecule has 2 aromatic carbocycles. The van der Waals surface area contributed by atoms with Gasteiger partial charge in [-0.25, -0.2) is 4.39 Å². The Kier molecular flexibility index (Phi) is 5.37. The van der Waals surface area contributed by atoms with E-state index in [4.69, 9.17) is 0 Å². The van der Waals surface area contributed by atoms with Gasteiger partial charge in [0.25, 0.3) is 0 Å². The topological polar surface area (TPSA) is 23.6 Å². The lowest BCUT2D eigenvalue weighted by Crippen LogP contribution is -2.49. The van der Waals surface area contributed by atoms with E-state index in [1.54, 1.807) is 12.1 Å². The van der Waals surface area contributed by atoms with E-state index in [1.165, 1.54) is 23.4 Å². The van der Waals surface area contributed by atoms with E-state index in [-0.39, 0.29) is 18.1 Å². The van der Waals surface area contributed by atoms with E-state index >= 15 is 0 Å². The Morgan fingerprint density at radius 1 is 1.04 bits per heavy atom. The summed E-state index contributed by atoms with van der Waals surface area (Å²) >= 11 is 0. The summed E-state index contributed by atoms with van der Waals surface area (Å²) in [5, 5.41) is 0. The lowest BCUT2D eigenvalue weighted by molar-refractivity contribution is -0.130. The zero-order chi connectivity index (χ0) is 17.8. The van der Waals surface area contributed by atoms with Crippen LogP contribution in [0.2, 0.25) is 0 Å². The molecule has 3 rings (SSSR count). The number of amides is 1. The smallest absolute Gasteiger partial charge is 0.227 e. The summed E-state index contributed by atoms with van der Waals surface area (Å²) in [7, 11) is 0. The van der Waals surface area contributed by atoms with Crippen LogP contribution in [-0.2, 0) is 11.2 Å². The van der Waals surface area contributed by atoms with Gasteiger partial charge < -0.3 is 9.80 Å². The summed E-state index contributed by atoms with van der Waals surface area (Å²) in [6.45, 7) is 7.49. The summed E-state index contributed by atoms with van der Waals surface area (Å²) in [6, 6.07) is 14.8. The van der Waals surface area contributed by atoms with Gasteiger partial charge in [-0.15, -0.1) is 0 Å². The Morgan fingerprint density at radius 2 is 1.76 bits per heavy atom. The van der Waals surface area contributed by atoms with E-state index in [9.17, 15) is 9.18 Å². The van der Waals surface area contributed by atoms with Crippen molar-refractivity contribution in [2.45, 2.75) is 26.2 Å². The highest BCUT2D eigenvalue weighted by atomic mass is 19.1. The van der Waals surface area contributed by atoms with E-state index < -0.39 is 0 Å². The first-order valence-electron chi connectivity index (χ1n) is 8.90. The molecule has 1 amide bonds. The Bertz CT molecular complexity index is 736. The zero-order valence-corrected chi connectivity index (χ0v) is 14.9. The zero-order valence-electron chi connectivity index (χ0n) is 14.9. The molecule has 1 aliphatic heterocycles. The van der Waals surface area contributed by atoms with Crippen molar-refractivity contribution in [3.63, 3.8) is 0 Å². The van der Waals surface area contributed by atoms with E-state index in [2.05, 4.69) is 43.0 Å². The van der Waals surface area contributed by atoms with Gasteiger partial charge in [0.15, 0.2) is 0 Å². The van der Waals surface area contributed by atoms with Crippen LogP contribution in [-0.4, -0.2) is 37.0 Å². The number of hydrogen-bond donors (Lipinski definition) is 0. The quantitative estimate of drug-likeness (QED) is 0.844. The van der Waals surface area contributed by atoms with Crippen molar-refractivity contribution < 1.29 is 9.18 Å². The summed E-state index contributed by atoms with van der Waals surface area (Å²) in [4.78, 5) is 16.7. The second-order valence-electron chi connectivity index (χ2n) is 6.89. The fourth-order valence-electron chi connectivity index (χ4n) is 3.39. The van der Waals surface area contributed by atoms with Gasteiger partial charge in [0.05, 0.1) is 6.42 Å². The molecule has 0 saturated carbocycles. The second-order valence-corrected chi connectivity index (χ2v) is 6.89. The van der Waals surface area contributed by atoms with Crippen molar-refractivity contribution in [1.82, 2.24) is 4.90 Å². The fourth-order valence-corrected chi connectivity index (χ4v) is 3.39. The van der Waals surface area contributed by atoms with Gasteiger partial charge in [-0.05, 0) is 35.2 Å². The molecule has 1 aliphatic rings. The average molecular weight is 340 g/mol. The number of benzene rings is 2. The Balaban J connectivity index is 1.61. The molecule has 0 aliphatic carbocycles. The van der Waals surface area contributed by atoms with Crippen LogP contribution < -0.4 is 4.90 Å². The molecule has 1 saturated heterocycles. The minimum absolute atomic E-state index is 0.0717. The molecule has 4 heteroatoms. The van der Waals surface area contributed by atoms with Gasteiger partial charge >= 0.3 is 0 Å². The van der Waals surface area contributed by atoms with Crippen molar-refractivity contribution in [3.05, 3.63) is 65.5 Å². The SMILES string of the molecule is CC(C)c1ccccc1N1CCN(C(=O)Cc2cccc(F)c2)CC1. The van der Waals surface area contributed by atoms with Crippen LogP contribution in [0.4, 0.5) is 10.1 Å². The molecule has 0 unspecified atom stereocenters. The molecule has 0 radical (unpaired) electrons. The maximum absolute atomic E-state index is 13.3. The van der Waals surface area contributed by atoms with Gasteiger partial charge in [0.2, 0.25) is 5.91 Å². The Hall–Kier alpha value is -2.36. The highest BCUT2D eigenvalue weighted by Gasteiger charge is 2.23. The van der Waals surface area contributed by atoms with Crippen LogP contribution in [0.15, 0.2) is 48.5 Å². The van der Waals surface area contributed by atoms with E-state index in [1.807, 2.05) is 4.90 Å². The summed E-state index contributed by atoms with van der Waals surface area (Å²) in [5.74, 6) is 0.256. The number of halogens is 1. The predicted molar refractivity (Wildman–Crippen MR) is 99.4 cm³/mol. The first-order valence-corrected chi connectivity index (χ1v) is 8.90. The third kappa shape index (κ3) is 4.19. The van der Waals surface area contributed by atoms with Gasteiger partial charge in [-0.2, -0.15) is 0 Å². The minimum Gasteiger partial charge on any atom is -0.368 e. The molecule has 0 bridgehead atoms. The average Bonchev–Trinajstić information content (AvgIpc) is 2.62. The fraction of sp³-hybridized carbons (Fsp3) is 0.381. The molecule has 0 N–H and O–H groups in total. The molecule has 1 heterocycles. The predicted octanol–water partition coefficient (Wildman–Crippen LogP) is 3.84. The van der Waals surface area contributed by atoms with Crippen molar-refractivity contribution >= 4 is 11.6 Å². The Morgan fingerprint density at radius 3 is 2.44 bits per heavy atom. The minimum atomic E-state index is -0.291.